The van der Waals surface area contributed by atoms with Crippen molar-refractivity contribution < 1.29 is 19.5 Å². The number of nitrogens with zero attached hydrogens (tertiary/aromatic N) is 1. The minimum Gasteiger partial charge on any atom is -0.480 e. The fraction of sp³-hybridized carbons (Fsp3) is 0.750. The summed E-state index contributed by atoms with van der Waals surface area (Å²) in [6, 6.07) is -1.49. The first-order chi connectivity index (χ1) is 8.67. The minimum atomic E-state index is -1.08. The standard InChI is InChI=1S/C12H21N3O4/c1-7(2)8(9(16)17)14-11(19)15-6-5-13-10(18)12(15,3)4/h7-8H,5-6H2,1-4H3,(H,13,18)(H,14,19)(H,16,17). The molecule has 0 saturated carbocycles. The lowest BCUT2D eigenvalue weighted by Crippen LogP contribution is -2.66. The normalized spacial score (nSPS) is 19.8. The number of nitrogens with one attached hydrogen (secondary N) is 2. The quantitative estimate of drug-likeness (QED) is 0.673. The number of amides is 3. The Morgan fingerprint density at radius 2 is 2.00 bits per heavy atom. The van der Waals surface area contributed by atoms with E-state index in [-0.39, 0.29) is 11.8 Å². The first-order valence-corrected chi connectivity index (χ1v) is 6.27. The van der Waals surface area contributed by atoms with Crippen molar-refractivity contribution in [1.29, 1.82) is 0 Å². The van der Waals surface area contributed by atoms with Gasteiger partial charge >= 0.3 is 12.0 Å². The summed E-state index contributed by atoms with van der Waals surface area (Å²) < 4.78 is 0. The maximum absolute atomic E-state index is 12.2. The number of urea groups is 1. The van der Waals surface area contributed by atoms with E-state index in [0.29, 0.717) is 13.1 Å². The van der Waals surface area contributed by atoms with Gasteiger partial charge in [0.2, 0.25) is 5.91 Å². The van der Waals surface area contributed by atoms with E-state index in [9.17, 15) is 14.4 Å². The minimum absolute atomic E-state index is 0.233. The summed E-state index contributed by atoms with van der Waals surface area (Å²) in [4.78, 5) is 36.3. The van der Waals surface area contributed by atoms with Crippen LogP contribution >= 0.6 is 0 Å². The molecular weight excluding hydrogens is 250 g/mol. The number of carboxylic acids is 1. The van der Waals surface area contributed by atoms with Crippen LogP contribution < -0.4 is 10.6 Å². The van der Waals surface area contributed by atoms with Gasteiger partial charge in [-0.15, -0.1) is 0 Å². The van der Waals surface area contributed by atoms with Gasteiger partial charge in [0.25, 0.3) is 0 Å². The van der Waals surface area contributed by atoms with E-state index in [1.54, 1.807) is 27.7 Å². The molecule has 0 aromatic carbocycles. The smallest absolute Gasteiger partial charge is 0.326 e. The monoisotopic (exact) mass is 271 g/mol. The van der Waals surface area contributed by atoms with Crippen molar-refractivity contribution in [3.63, 3.8) is 0 Å². The molecular formula is C12H21N3O4. The van der Waals surface area contributed by atoms with E-state index in [1.165, 1.54) is 4.90 Å². The van der Waals surface area contributed by atoms with Gasteiger partial charge in [-0.25, -0.2) is 9.59 Å². The van der Waals surface area contributed by atoms with Crippen LogP contribution in [0.2, 0.25) is 0 Å². The van der Waals surface area contributed by atoms with Crippen molar-refractivity contribution in [3.8, 4) is 0 Å². The topological polar surface area (TPSA) is 98.7 Å². The lowest BCUT2D eigenvalue weighted by molar-refractivity contribution is -0.140. The predicted octanol–water partition coefficient (Wildman–Crippen LogP) is 0.0156. The highest BCUT2D eigenvalue weighted by Gasteiger charge is 2.41. The lowest BCUT2D eigenvalue weighted by atomic mass is 9.99. The van der Waals surface area contributed by atoms with Crippen LogP contribution in [0, 0.1) is 5.92 Å². The van der Waals surface area contributed by atoms with Crippen molar-refractivity contribution in [1.82, 2.24) is 15.5 Å². The van der Waals surface area contributed by atoms with Gasteiger partial charge in [-0.1, -0.05) is 13.8 Å². The molecule has 1 aliphatic rings. The molecule has 1 heterocycles. The zero-order valence-electron chi connectivity index (χ0n) is 11.7. The maximum atomic E-state index is 12.2. The third-order valence-corrected chi connectivity index (χ3v) is 3.31. The van der Waals surface area contributed by atoms with E-state index in [1.807, 2.05) is 0 Å². The second kappa shape index (κ2) is 5.46. The number of carbonyl (C=O) groups is 3. The Bertz CT molecular complexity index is 392. The summed E-state index contributed by atoms with van der Waals surface area (Å²) in [5.74, 6) is -1.56. The SMILES string of the molecule is CC(C)C(NC(=O)N1CCNC(=O)C1(C)C)C(=O)O. The van der Waals surface area contributed by atoms with Gasteiger partial charge in [-0.3, -0.25) is 4.79 Å². The molecule has 0 radical (unpaired) electrons. The molecule has 0 aromatic heterocycles. The van der Waals surface area contributed by atoms with Gasteiger partial charge < -0.3 is 20.6 Å². The second-order valence-corrected chi connectivity index (χ2v) is 5.48. The largest absolute Gasteiger partial charge is 0.480 e. The molecule has 3 amide bonds. The average molecular weight is 271 g/mol. The summed E-state index contributed by atoms with van der Waals surface area (Å²) in [6.07, 6.45) is 0. The molecule has 7 heteroatoms. The Morgan fingerprint density at radius 1 is 1.42 bits per heavy atom. The van der Waals surface area contributed by atoms with Crippen LogP contribution in [-0.4, -0.2) is 52.6 Å². The van der Waals surface area contributed by atoms with Crippen LogP contribution in [0.3, 0.4) is 0 Å². The van der Waals surface area contributed by atoms with Crippen LogP contribution in [0.5, 0.6) is 0 Å². The molecule has 1 saturated heterocycles. The summed E-state index contributed by atoms with van der Waals surface area (Å²) in [5, 5.41) is 14.2. The molecule has 1 atom stereocenters. The number of aliphatic carboxylic acids is 1. The number of rotatable bonds is 3. The highest BCUT2D eigenvalue weighted by molar-refractivity contribution is 5.92. The molecule has 0 aliphatic carbocycles. The average Bonchev–Trinajstić information content (AvgIpc) is 2.28. The highest BCUT2D eigenvalue weighted by Crippen LogP contribution is 2.18. The molecule has 1 aliphatic heterocycles. The van der Waals surface area contributed by atoms with Crippen LogP contribution in [-0.2, 0) is 9.59 Å². The fourth-order valence-electron chi connectivity index (χ4n) is 1.98. The number of piperazine rings is 1. The third kappa shape index (κ3) is 3.15. The van der Waals surface area contributed by atoms with Crippen LogP contribution in [0.15, 0.2) is 0 Å². The van der Waals surface area contributed by atoms with Gasteiger partial charge in [0.05, 0.1) is 0 Å². The van der Waals surface area contributed by atoms with E-state index < -0.39 is 23.6 Å². The second-order valence-electron chi connectivity index (χ2n) is 5.48. The van der Waals surface area contributed by atoms with Gasteiger partial charge in [-0.05, 0) is 19.8 Å². The number of hydrogen-bond acceptors (Lipinski definition) is 3. The highest BCUT2D eigenvalue weighted by atomic mass is 16.4. The molecule has 108 valence electrons. The Hall–Kier alpha value is -1.79. The predicted molar refractivity (Wildman–Crippen MR) is 68.6 cm³/mol. The molecule has 0 spiro atoms. The Kier molecular flexibility index (Phi) is 4.39. The summed E-state index contributed by atoms with van der Waals surface area (Å²) in [7, 11) is 0. The van der Waals surface area contributed by atoms with Crippen molar-refractivity contribution in [2.75, 3.05) is 13.1 Å². The van der Waals surface area contributed by atoms with Gasteiger partial charge in [-0.2, -0.15) is 0 Å². The lowest BCUT2D eigenvalue weighted by Gasteiger charge is -2.41. The summed E-state index contributed by atoms with van der Waals surface area (Å²) in [5.41, 5.74) is -0.984. The molecule has 1 unspecified atom stereocenters. The van der Waals surface area contributed by atoms with E-state index in [4.69, 9.17) is 5.11 Å². The molecule has 1 rings (SSSR count). The van der Waals surface area contributed by atoms with Crippen molar-refractivity contribution in [2.24, 2.45) is 5.92 Å². The van der Waals surface area contributed by atoms with Crippen molar-refractivity contribution >= 4 is 17.9 Å². The zero-order chi connectivity index (χ0) is 14.8. The molecule has 7 nitrogen and oxygen atoms in total. The molecule has 0 aromatic rings. The van der Waals surface area contributed by atoms with Crippen molar-refractivity contribution in [3.05, 3.63) is 0 Å². The summed E-state index contributed by atoms with van der Waals surface area (Å²) >= 11 is 0. The van der Waals surface area contributed by atoms with E-state index >= 15 is 0 Å². The molecule has 1 fully saturated rings. The summed E-state index contributed by atoms with van der Waals surface area (Å²) in [6.45, 7) is 7.42. The zero-order valence-corrected chi connectivity index (χ0v) is 11.7. The Morgan fingerprint density at radius 3 is 2.47 bits per heavy atom. The first kappa shape index (κ1) is 15.3. The third-order valence-electron chi connectivity index (χ3n) is 3.31. The molecule has 3 N–H and O–H groups in total. The van der Waals surface area contributed by atoms with Crippen molar-refractivity contribution in [2.45, 2.75) is 39.3 Å². The van der Waals surface area contributed by atoms with Gasteiger partial charge in [0.15, 0.2) is 0 Å². The Balaban J connectivity index is 2.82. The number of hydrogen-bond donors (Lipinski definition) is 3. The van der Waals surface area contributed by atoms with Crippen LogP contribution in [0.4, 0.5) is 4.79 Å². The number of carboxylic acid groups (broad SMARTS) is 1. The van der Waals surface area contributed by atoms with Gasteiger partial charge in [0.1, 0.15) is 11.6 Å². The van der Waals surface area contributed by atoms with Crippen LogP contribution in [0.1, 0.15) is 27.7 Å². The number of carbonyl (C=O) groups excluding carboxylic acids is 2. The first-order valence-electron chi connectivity index (χ1n) is 6.27. The Labute approximate surface area is 112 Å². The van der Waals surface area contributed by atoms with Crippen LogP contribution in [0.25, 0.3) is 0 Å². The fourth-order valence-corrected chi connectivity index (χ4v) is 1.98. The maximum Gasteiger partial charge on any atom is 0.326 e. The van der Waals surface area contributed by atoms with E-state index in [2.05, 4.69) is 10.6 Å². The van der Waals surface area contributed by atoms with Gasteiger partial charge in [0, 0.05) is 13.1 Å². The molecule has 0 bridgehead atoms. The molecule has 19 heavy (non-hydrogen) atoms. The van der Waals surface area contributed by atoms with E-state index in [0.717, 1.165) is 0 Å².